The molecule has 0 saturated heterocycles. The maximum absolute atomic E-state index is 10.8. The van der Waals surface area contributed by atoms with Crippen molar-refractivity contribution in [1.82, 2.24) is 4.90 Å². The Morgan fingerprint density at radius 3 is 2.67 bits per heavy atom. The van der Waals surface area contributed by atoms with Crippen molar-refractivity contribution in [1.29, 1.82) is 0 Å². The molecule has 0 heterocycles. The Labute approximate surface area is 116 Å². The number of aliphatic carboxylic acids is 1. The molecular weight excluding hydrogens is 273 g/mol. The van der Waals surface area contributed by atoms with Gasteiger partial charge in [-0.2, -0.15) is 0 Å². The lowest BCUT2D eigenvalue weighted by atomic mass is 10.2. The van der Waals surface area contributed by atoms with Crippen LogP contribution in [-0.4, -0.2) is 29.1 Å². The van der Waals surface area contributed by atoms with E-state index in [1.54, 1.807) is 12.1 Å². The van der Waals surface area contributed by atoms with Crippen LogP contribution in [0.25, 0.3) is 0 Å². The van der Waals surface area contributed by atoms with Crippen LogP contribution in [0.15, 0.2) is 18.2 Å². The van der Waals surface area contributed by atoms with Crippen LogP contribution in [-0.2, 0) is 11.3 Å². The van der Waals surface area contributed by atoms with E-state index in [0.717, 1.165) is 12.1 Å². The summed E-state index contributed by atoms with van der Waals surface area (Å²) in [5, 5.41) is 10.1. The van der Waals surface area contributed by atoms with Gasteiger partial charge in [0.15, 0.2) is 0 Å². The number of carboxylic acid groups (broad SMARTS) is 1. The van der Waals surface area contributed by atoms with Crippen molar-refractivity contribution >= 4 is 29.2 Å². The first kappa shape index (κ1) is 13.7. The second-order valence-corrected chi connectivity index (χ2v) is 5.59. The van der Waals surface area contributed by atoms with Crippen LogP contribution in [0.5, 0.6) is 0 Å². The second kappa shape index (κ2) is 5.91. The minimum atomic E-state index is -0.805. The van der Waals surface area contributed by atoms with Crippen LogP contribution in [0, 0.1) is 5.92 Å². The van der Waals surface area contributed by atoms with Gasteiger partial charge in [-0.1, -0.05) is 29.3 Å². The lowest BCUT2D eigenvalue weighted by Gasteiger charge is -2.20. The Kier molecular flexibility index (Phi) is 4.49. The fraction of sp³-hybridized carbons (Fsp3) is 0.462. The third kappa shape index (κ3) is 4.16. The molecule has 0 bridgehead atoms. The highest BCUT2D eigenvalue weighted by Crippen LogP contribution is 2.30. The van der Waals surface area contributed by atoms with Gasteiger partial charge in [-0.15, -0.1) is 0 Å². The molecule has 1 aromatic rings. The van der Waals surface area contributed by atoms with Crippen molar-refractivity contribution in [3.63, 3.8) is 0 Å². The molecule has 0 aliphatic heterocycles. The van der Waals surface area contributed by atoms with Gasteiger partial charge in [0, 0.05) is 23.1 Å². The molecular formula is C13H15Cl2NO2. The number of nitrogens with zero attached hydrogens (tertiary/aromatic N) is 1. The van der Waals surface area contributed by atoms with E-state index in [4.69, 9.17) is 28.3 Å². The van der Waals surface area contributed by atoms with Gasteiger partial charge in [0.2, 0.25) is 0 Å². The zero-order valence-electron chi connectivity index (χ0n) is 9.90. The third-order valence-electron chi connectivity index (χ3n) is 2.98. The molecule has 18 heavy (non-hydrogen) atoms. The molecule has 2 rings (SSSR count). The van der Waals surface area contributed by atoms with Crippen molar-refractivity contribution in [2.45, 2.75) is 19.4 Å². The first-order valence-corrected chi connectivity index (χ1v) is 6.68. The SMILES string of the molecule is O=C(O)CN(Cc1ccc(Cl)cc1Cl)CC1CC1. The molecule has 0 spiro atoms. The first-order valence-electron chi connectivity index (χ1n) is 5.92. The van der Waals surface area contributed by atoms with Crippen molar-refractivity contribution in [3.8, 4) is 0 Å². The number of carbonyl (C=O) groups is 1. The largest absolute Gasteiger partial charge is 0.480 e. The third-order valence-corrected chi connectivity index (χ3v) is 3.57. The zero-order chi connectivity index (χ0) is 13.1. The van der Waals surface area contributed by atoms with Gasteiger partial charge in [0.1, 0.15) is 0 Å². The summed E-state index contributed by atoms with van der Waals surface area (Å²) in [5.41, 5.74) is 0.919. The molecule has 1 aromatic carbocycles. The molecule has 0 unspecified atom stereocenters. The second-order valence-electron chi connectivity index (χ2n) is 4.74. The van der Waals surface area contributed by atoms with Crippen LogP contribution < -0.4 is 0 Å². The quantitative estimate of drug-likeness (QED) is 0.873. The molecule has 1 N–H and O–H groups in total. The fourth-order valence-corrected chi connectivity index (χ4v) is 2.40. The van der Waals surface area contributed by atoms with Gasteiger partial charge in [-0.05, 0) is 36.5 Å². The Balaban J connectivity index is 2.03. The van der Waals surface area contributed by atoms with Crippen LogP contribution >= 0.6 is 23.2 Å². The summed E-state index contributed by atoms with van der Waals surface area (Å²) in [4.78, 5) is 12.8. The van der Waals surface area contributed by atoms with Crippen LogP contribution in [0.4, 0.5) is 0 Å². The lowest BCUT2D eigenvalue weighted by Crippen LogP contribution is -2.31. The Bertz CT molecular complexity index is 447. The molecule has 5 heteroatoms. The predicted molar refractivity (Wildman–Crippen MR) is 72.1 cm³/mol. The molecule has 0 radical (unpaired) electrons. The number of rotatable bonds is 6. The van der Waals surface area contributed by atoms with E-state index < -0.39 is 5.97 Å². The first-order chi connectivity index (χ1) is 8.54. The summed E-state index contributed by atoms with van der Waals surface area (Å²) in [7, 11) is 0. The number of benzene rings is 1. The maximum Gasteiger partial charge on any atom is 0.317 e. The zero-order valence-corrected chi connectivity index (χ0v) is 11.4. The van der Waals surface area contributed by atoms with Gasteiger partial charge in [-0.25, -0.2) is 0 Å². The van der Waals surface area contributed by atoms with E-state index in [1.807, 2.05) is 11.0 Å². The highest BCUT2D eigenvalue weighted by atomic mass is 35.5. The molecule has 0 amide bonds. The number of carboxylic acids is 1. The Hall–Kier alpha value is -0.770. The maximum atomic E-state index is 10.8. The van der Waals surface area contributed by atoms with E-state index in [2.05, 4.69) is 0 Å². The van der Waals surface area contributed by atoms with Gasteiger partial charge >= 0.3 is 5.97 Å². The number of hydrogen-bond acceptors (Lipinski definition) is 2. The van der Waals surface area contributed by atoms with Crippen LogP contribution in [0.1, 0.15) is 18.4 Å². The smallest absolute Gasteiger partial charge is 0.317 e. The van der Waals surface area contributed by atoms with Gasteiger partial charge in [0.05, 0.1) is 6.54 Å². The highest BCUT2D eigenvalue weighted by Gasteiger charge is 2.25. The molecule has 0 atom stereocenters. The number of hydrogen-bond donors (Lipinski definition) is 1. The lowest BCUT2D eigenvalue weighted by molar-refractivity contribution is -0.138. The Morgan fingerprint density at radius 1 is 1.39 bits per heavy atom. The van der Waals surface area contributed by atoms with E-state index >= 15 is 0 Å². The van der Waals surface area contributed by atoms with Crippen LogP contribution in [0.3, 0.4) is 0 Å². The standard InChI is InChI=1S/C13H15Cl2NO2/c14-11-4-3-10(12(15)5-11)7-16(8-13(17)18)6-9-1-2-9/h3-5,9H,1-2,6-8H2,(H,17,18). The topological polar surface area (TPSA) is 40.5 Å². The molecule has 3 nitrogen and oxygen atoms in total. The highest BCUT2D eigenvalue weighted by molar-refractivity contribution is 6.35. The molecule has 1 aliphatic rings. The van der Waals surface area contributed by atoms with Gasteiger partial charge in [0.25, 0.3) is 0 Å². The van der Waals surface area contributed by atoms with E-state index in [0.29, 0.717) is 22.5 Å². The summed E-state index contributed by atoms with van der Waals surface area (Å²) in [6.07, 6.45) is 2.40. The minimum absolute atomic E-state index is 0.0510. The van der Waals surface area contributed by atoms with Crippen molar-refractivity contribution in [2.24, 2.45) is 5.92 Å². The minimum Gasteiger partial charge on any atom is -0.480 e. The van der Waals surface area contributed by atoms with Gasteiger partial charge < -0.3 is 5.11 Å². The Morgan fingerprint density at radius 2 is 2.11 bits per heavy atom. The normalized spacial score (nSPS) is 15.1. The molecule has 1 aliphatic carbocycles. The molecule has 1 saturated carbocycles. The van der Waals surface area contributed by atoms with E-state index in [1.165, 1.54) is 12.8 Å². The average molecular weight is 288 g/mol. The summed E-state index contributed by atoms with van der Waals surface area (Å²) in [6, 6.07) is 5.32. The van der Waals surface area contributed by atoms with Gasteiger partial charge in [-0.3, -0.25) is 9.69 Å². The number of halogens is 2. The summed E-state index contributed by atoms with van der Waals surface area (Å²) in [6.45, 7) is 1.43. The fourth-order valence-electron chi connectivity index (χ4n) is 1.93. The van der Waals surface area contributed by atoms with Crippen molar-refractivity contribution in [3.05, 3.63) is 33.8 Å². The predicted octanol–water partition coefficient (Wildman–Crippen LogP) is 3.29. The molecule has 0 aromatic heterocycles. The molecule has 98 valence electrons. The van der Waals surface area contributed by atoms with Crippen molar-refractivity contribution in [2.75, 3.05) is 13.1 Å². The molecule has 1 fully saturated rings. The van der Waals surface area contributed by atoms with E-state index in [9.17, 15) is 4.79 Å². The van der Waals surface area contributed by atoms with Crippen molar-refractivity contribution < 1.29 is 9.90 Å². The summed E-state index contributed by atoms with van der Waals surface area (Å²) in [5.74, 6) is -0.156. The average Bonchev–Trinajstić information content (AvgIpc) is 3.05. The summed E-state index contributed by atoms with van der Waals surface area (Å²) >= 11 is 11.9. The monoisotopic (exact) mass is 287 g/mol. The van der Waals surface area contributed by atoms with Crippen LogP contribution in [0.2, 0.25) is 10.0 Å². The summed E-state index contributed by atoms with van der Waals surface area (Å²) < 4.78 is 0. The van der Waals surface area contributed by atoms with E-state index in [-0.39, 0.29) is 6.54 Å².